The summed E-state index contributed by atoms with van der Waals surface area (Å²) in [5.41, 5.74) is 5.99. The zero-order valence-corrected chi connectivity index (χ0v) is 11.5. The summed E-state index contributed by atoms with van der Waals surface area (Å²) in [6.07, 6.45) is 5.72. The minimum atomic E-state index is -0.874. The molecule has 1 fully saturated rings. The van der Waals surface area contributed by atoms with Gasteiger partial charge in [0.25, 0.3) is 0 Å². The maximum Gasteiger partial charge on any atom is 0.0949 e. The first-order valence-electron chi connectivity index (χ1n) is 7.27. The second kappa shape index (κ2) is 8.10. The zero-order valence-electron chi connectivity index (χ0n) is 11.5. The van der Waals surface area contributed by atoms with E-state index in [1.54, 1.807) is 0 Å². The highest BCUT2D eigenvalue weighted by Crippen LogP contribution is 2.28. The van der Waals surface area contributed by atoms with Crippen molar-refractivity contribution in [3.8, 4) is 0 Å². The lowest BCUT2D eigenvalue weighted by Crippen LogP contribution is -2.45. The molecule has 108 valence electrons. The first-order chi connectivity index (χ1) is 8.54. The Hall–Kier alpha value is -0.160. The SMILES string of the molecule is C[C@H](CO)C[C@H](O)[C@@H](O)[C@@H](N)CC1CCCCC1. The van der Waals surface area contributed by atoms with Gasteiger partial charge in [0.15, 0.2) is 0 Å². The second-order valence-electron chi connectivity index (χ2n) is 5.98. The van der Waals surface area contributed by atoms with E-state index in [2.05, 4.69) is 0 Å². The van der Waals surface area contributed by atoms with Gasteiger partial charge >= 0.3 is 0 Å². The molecule has 0 bridgehead atoms. The van der Waals surface area contributed by atoms with E-state index < -0.39 is 12.2 Å². The van der Waals surface area contributed by atoms with Crippen molar-refractivity contribution in [2.45, 2.75) is 70.1 Å². The van der Waals surface area contributed by atoms with Crippen LogP contribution in [0.15, 0.2) is 0 Å². The van der Waals surface area contributed by atoms with Gasteiger partial charge in [0, 0.05) is 12.6 Å². The minimum Gasteiger partial charge on any atom is -0.396 e. The third kappa shape index (κ3) is 5.22. The highest BCUT2D eigenvalue weighted by atomic mass is 16.3. The van der Waals surface area contributed by atoms with Gasteiger partial charge in [-0.25, -0.2) is 0 Å². The van der Waals surface area contributed by atoms with Crippen molar-refractivity contribution in [3.63, 3.8) is 0 Å². The summed E-state index contributed by atoms with van der Waals surface area (Å²) in [5.74, 6) is 0.599. The van der Waals surface area contributed by atoms with E-state index in [4.69, 9.17) is 10.8 Å². The molecule has 1 aliphatic carbocycles. The van der Waals surface area contributed by atoms with Crippen LogP contribution in [0.3, 0.4) is 0 Å². The molecule has 4 atom stereocenters. The van der Waals surface area contributed by atoms with E-state index in [0.29, 0.717) is 12.3 Å². The van der Waals surface area contributed by atoms with E-state index in [-0.39, 0.29) is 18.6 Å². The van der Waals surface area contributed by atoms with Crippen LogP contribution in [0.5, 0.6) is 0 Å². The van der Waals surface area contributed by atoms with Crippen molar-refractivity contribution < 1.29 is 15.3 Å². The summed E-state index contributed by atoms with van der Waals surface area (Å²) < 4.78 is 0. The Morgan fingerprint density at radius 2 is 1.78 bits per heavy atom. The lowest BCUT2D eigenvalue weighted by atomic mass is 9.83. The average molecular weight is 259 g/mol. The van der Waals surface area contributed by atoms with E-state index in [0.717, 1.165) is 6.42 Å². The third-order valence-electron chi connectivity index (χ3n) is 4.12. The van der Waals surface area contributed by atoms with Gasteiger partial charge in [-0.1, -0.05) is 39.0 Å². The monoisotopic (exact) mass is 259 g/mol. The Morgan fingerprint density at radius 3 is 2.33 bits per heavy atom. The first-order valence-corrected chi connectivity index (χ1v) is 7.27. The summed E-state index contributed by atoms with van der Waals surface area (Å²) in [6.45, 7) is 1.88. The average Bonchev–Trinajstić information content (AvgIpc) is 2.38. The van der Waals surface area contributed by atoms with Crippen LogP contribution in [-0.4, -0.2) is 40.2 Å². The van der Waals surface area contributed by atoms with Crippen LogP contribution in [0, 0.1) is 11.8 Å². The van der Waals surface area contributed by atoms with Crippen molar-refractivity contribution in [3.05, 3.63) is 0 Å². The molecular weight excluding hydrogens is 230 g/mol. The molecule has 0 amide bonds. The quantitative estimate of drug-likeness (QED) is 0.550. The van der Waals surface area contributed by atoms with Gasteiger partial charge in [0.2, 0.25) is 0 Å². The van der Waals surface area contributed by atoms with Gasteiger partial charge in [-0.2, -0.15) is 0 Å². The fourth-order valence-corrected chi connectivity index (χ4v) is 2.86. The van der Waals surface area contributed by atoms with Crippen LogP contribution in [0.2, 0.25) is 0 Å². The van der Waals surface area contributed by atoms with Crippen molar-refractivity contribution >= 4 is 0 Å². The van der Waals surface area contributed by atoms with Crippen LogP contribution >= 0.6 is 0 Å². The molecule has 5 N–H and O–H groups in total. The summed E-state index contributed by atoms with van der Waals surface area (Å²) in [6, 6.07) is -0.353. The van der Waals surface area contributed by atoms with Crippen LogP contribution in [0.1, 0.15) is 51.9 Å². The molecule has 0 saturated heterocycles. The molecule has 0 heterocycles. The van der Waals surface area contributed by atoms with Gasteiger partial charge in [0.05, 0.1) is 12.2 Å². The van der Waals surface area contributed by atoms with Crippen molar-refractivity contribution in [2.75, 3.05) is 6.61 Å². The molecule has 4 heteroatoms. The fourth-order valence-electron chi connectivity index (χ4n) is 2.86. The van der Waals surface area contributed by atoms with Gasteiger partial charge in [-0.05, 0) is 24.7 Å². The lowest BCUT2D eigenvalue weighted by Gasteiger charge is -2.29. The molecule has 4 nitrogen and oxygen atoms in total. The van der Waals surface area contributed by atoms with Crippen molar-refractivity contribution in [1.82, 2.24) is 0 Å². The zero-order chi connectivity index (χ0) is 13.5. The van der Waals surface area contributed by atoms with E-state index in [9.17, 15) is 10.2 Å². The Bertz CT molecular complexity index is 219. The molecule has 1 rings (SSSR count). The molecule has 1 saturated carbocycles. The van der Waals surface area contributed by atoms with Crippen molar-refractivity contribution in [1.29, 1.82) is 0 Å². The van der Waals surface area contributed by atoms with Crippen LogP contribution in [0.25, 0.3) is 0 Å². The van der Waals surface area contributed by atoms with E-state index in [1.807, 2.05) is 6.92 Å². The first kappa shape index (κ1) is 15.9. The summed E-state index contributed by atoms with van der Waals surface area (Å²) >= 11 is 0. The number of aliphatic hydroxyl groups is 3. The Labute approximate surface area is 110 Å². The highest BCUT2D eigenvalue weighted by molar-refractivity contribution is 4.82. The standard InChI is InChI=1S/C14H29NO3/c1-10(9-16)7-13(17)14(18)12(15)8-11-5-3-2-4-6-11/h10-14,16-18H,2-9,15H2,1H3/t10-,12-,13-,14-/m0/s1. The molecule has 0 aromatic carbocycles. The molecule has 0 unspecified atom stereocenters. The molecular formula is C14H29NO3. The Balaban J connectivity index is 2.32. The molecule has 0 aliphatic heterocycles. The molecule has 0 aromatic rings. The van der Waals surface area contributed by atoms with Gasteiger partial charge in [-0.15, -0.1) is 0 Å². The molecule has 0 aromatic heterocycles. The number of aliphatic hydroxyl groups excluding tert-OH is 3. The Morgan fingerprint density at radius 1 is 1.17 bits per heavy atom. The van der Waals surface area contributed by atoms with E-state index >= 15 is 0 Å². The smallest absolute Gasteiger partial charge is 0.0949 e. The van der Waals surface area contributed by atoms with Gasteiger partial charge in [-0.3, -0.25) is 0 Å². The van der Waals surface area contributed by atoms with Gasteiger partial charge in [0.1, 0.15) is 0 Å². The van der Waals surface area contributed by atoms with Gasteiger partial charge < -0.3 is 21.1 Å². The summed E-state index contributed by atoms with van der Waals surface area (Å²) in [4.78, 5) is 0. The number of hydrogen-bond acceptors (Lipinski definition) is 4. The lowest BCUT2D eigenvalue weighted by molar-refractivity contribution is -0.0166. The van der Waals surface area contributed by atoms with E-state index in [1.165, 1.54) is 32.1 Å². The largest absolute Gasteiger partial charge is 0.396 e. The number of rotatable bonds is 7. The predicted octanol–water partition coefficient (Wildman–Crippen LogP) is 1.02. The topological polar surface area (TPSA) is 86.7 Å². The van der Waals surface area contributed by atoms with Crippen LogP contribution < -0.4 is 5.73 Å². The van der Waals surface area contributed by atoms with Crippen LogP contribution in [-0.2, 0) is 0 Å². The fraction of sp³-hybridized carbons (Fsp3) is 1.00. The number of nitrogens with two attached hydrogens (primary N) is 1. The second-order valence-corrected chi connectivity index (χ2v) is 5.98. The van der Waals surface area contributed by atoms with Crippen molar-refractivity contribution in [2.24, 2.45) is 17.6 Å². The normalized spacial score (nSPS) is 24.5. The molecule has 0 radical (unpaired) electrons. The molecule has 1 aliphatic rings. The third-order valence-corrected chi connectivity index (χ3v) is 4.12. The summed E-state index contributed by atoms with van der Waals surface area (Å²) in [7, 11) is 0. The molecule has 0 spiro atoms. The van der Waals surface area contributed by atoms with Crippen LogP contribution in [0.4, 0.5) is 0 Å². The summed E-state index contributed by atoms with van der Waals surface area (Å²) in [5, 5.41) is 28.8. The predicted molar refractivity (Wildman–Crippen MR) is 72.0 cm³/mol. The minimum absolute atomic E-state index is 0.00321. The molecule has 18 heavy (non-hydrogen) atoms. The number of hydrogen-bond donors (Lipinski definition) is 4. The maximum atomic E-state index is 10.0. The Kier molecular flexibility index (Phi) is 7.15. The maximum absolute atomic E-state index is 10.0. The highest BCUT2D eigenvalue weighted by Gasteiger charge is 2.27.